The standard InChI is InChI=1S/C13H19FN2O3S/c1-9(17)10-2-4-16(5-3-10)20(18,19)13-7-11(14)6-12(15)8-13/h6-10,17H,2-5,15H2,1H3. The van der Waals surface area contributed by atoms with E-state index in [4.69, 9.17) is 5.73 Å². The van der Waals surface area contributed by atoms with Crippen LogP contribution in [0.15, 0.2) is 23.1 Å². The Kier molecular flexibility index (Phi) is 4.31. The molecule has 1 aromatic carbocycles. The lowest BCUT2D eigenvalue weighted by Crippen LogP contribution is -2.40. The maximum absolute atomic E-state index is 13.3. The van der Waals surface area contributed by atoms with E-state index < -0.39 is 21.9 Å². The predicted molar refractivity (Wildman–Crippen MR) is 74.0 cm³/mol. The smallest absolute Gasteiger partial charge is 0.243 e. The largest absolute Gasteiger partial charge is 0.399 e. The Morgan fingerprint density at radius 3 is 2.45 bits per heavy atom. The van der Waals surface area contributed by atoms with Gasteiger partial charge in [0.05, 0.1) is 11.0 Å². The van der Waals surface area contributed by atoms with Crippen molar-refractivity contribution in [1.29, 1.82) is 0 Å². The highest BCUT2D eigenvalue weighted by Crippen LogP contribution is 2.26. The van der Waals surface area contributed by atoms with Crippen LogP contribution in [-0.4, -0.2) is 37.0 Å². The first-order valence-corrected chi connectivity index (χ1v) is 7.99. The van der Waals surface area contributed by atoms with E-state index in [2.05, 4.69) is 0 Å². The van der Waals surface area contributed by atoms with Crippen molar-refractivity contribution in [3.05, 3.63) is 24.0 Å². The first kappa shape index (κ1) is 15.2. The fourth-order valence-corrected chi connectivity index (χ4v) is 4.02. The third kappa shape index (κ3) is 3.11. The van der Waals surface area contributed by atoms with Gasteiger partial charge in [0.25, 0.3) is 0 Å². The van der Waals surface area contributed by atoms with E-state index in [-0.39, 0.29) is 16.5 Å². The van der Waals surface area contributed by atoms with E-state index >= 15 is 0 Å². The zero-order valence-electron chi connectivity index (χ0n) is 11.3. The first-order valence-electron chi connectivity index (χ1n) is 6.55. The van der Waals surface area contributed by atoms with Gasteiger partial charge in [-0.3, -0.25) is 0 Å². The number of nitrogen functional groups attached to an aromatic ring is 1. The van der Waals surface area contributed by atoms with Crippen LogP contribution in [-0.2, 0) is 10.0 Å². The molecule has 0 aliphatic carbocycles. The molecule has 0 spiro atoms. The Morgan fingerprint density at radius 2 is 1.95 bits per heavy atom. The summed E-state index contributed by atoms with van der Waals surface area (Å²) >= 11 is 0. The molecular weight excluding hydrogens is 283 g/mol. The molecule has 1 fully saturated rings. The lowest BCUT2D eigenvalue weighted by molar-refractivity contribution is 0.0912. The number of piperidine rings is 1. The Hall–Kier alpha value is -1.18. The van der Waals surface area contributed by atoms with Crippen LogP contribution >= 0.6 is 0 Å². The molecular formula is C13H19FN2O3S. The lowest BCUT2D eigenvalue weighted by atomic mass is 9.93. The summed E-state index contributed by atoms with van der Waals surface area (Å²) < 4.78 is 39.4. The second kappa shape index (κ2) is 5.67. The molecule has 0 radical (unpaired) electrons. The highest BCUT2D eigenvalue weighted by atomic mass is 32.2. The quantitative estimate of drug-likeness (QED) is 0.822. The molecule has 1 saturated heterocycles. The Labute approximate surface area is 118 Å². The van der Waals surface area contributed by atoms with Crippen molar-refractivity contribution in [2.24, 2.45) is 5.92 Å². The number of sulfonamides is 1. The van der Waals surface area contributed by atoms with Gasteiger partial charge < -0.3 is 10.8 Å². The molecule has 1 atom stereocenters. The van der Waals surface area contributed by atoms with Crippen LogP contribution in [0.25, 0.3) is 0 Å². The molecule has 0 aromatic heterocycles. The third-order valence-corrected chi connectivity index (χ3v) is 5.59. The van der Waals surface area contributed by atoms with Crippen molar-refractivity contribution < 1.29 is 17.9 Å². The number of aliphatic hydroxyl groups is 1. The number of aliphatic hydroxyl groups excluding tert-OH is 1. The van der Waals surface area contributed by atoms with Crippen LogP contribution in [0.2, 0.25) is 0 Å². The third-order valence-electron chi connectivity index (χ3n) is 3.71. The van der Waals surface area contributed by atoms with Gasteiger partial charge in [-0.05, 0) is 43.9 Å². The van der Waals surface area contributed by atoms with Gasteiger partial charge in [0, 0.05) is 18.8 Å². The van der Waals surface area contributed by atoms with Gasteiger partial charge in [0.2, 0.25) is 10.0 Å². The molecule has 0 amide bonds. The second-order valence-electron chi connectivity index (χ2n) is 5.20. The molecule has 3 N–H and O–H groups in total. The maximum atomic E-state index is 13.3. The minimum atomic E-state index is -3.72. The highest BCUT2D eigenvalue weighted by molar-refractivity contribution is 7.89. The molecule has 112 valence electrons. The van der Waals surface area contributed by atoms with Crippen LogP contribution in [0.1, 0.15) is 19.8 Å². The molecule has 0 saturated carbocycles. The summed E-state index contributed by atoms with van der Waals surface area (Å²) in [5.41, 5.74) is 5.58. The van der Waals surface area contributed by atoms with Crippen molar-refractivity contribution in [1.82, 2.24) is 4.31 Å². The van der Waals surface area contributed by atoms with E-state index in [0.29, 0.717) is 25.9 Å². The molecule has 2 rings (SSSR count). The number of nitrogens with zero attached hydrogens (tertiary/aromatic N) is 1. The Morgan fingerprint density at radius 1 is 1.35 bits per heavy atom. The fourth-order valence-electron chi connectivity index (χ4n) is 2.48. The zero-order valence-corrected chi connectivity index (χ0v) is 12.1. The van der Waals surface area contributed by atoms with Crippen LogP contribution in [0.4, 0.5) is 10.1 Å². The van der Waals surface area contributed by atoms with Crippen LogP contribution in [0.5, 0.6) is 0 Å². The highest BCUT2D eigenvalue weighted by Gasteiger charge is 2.31. The normalized spacial score (nSPS) is 19.9. The number of nitrogens with two attached hydrogens (primary N) is 1. The number of benzene rings is 1. The van der Waals surface area contributed by atoms with E-state index in [1.165, 1.54) is 10.4 Å². The van der Waals surface area contributed by atoms with Crippen molar-refractivity contribution in [3.8, 4) is 0 Å². The minimum absolute atomic E-state index is 0.0856. The lowest BCUT2D eigenvalue weighted by Gasteiger charge is -2.32. The number of hydrogen-bond donors (Lipinski definition) is 2. The number of halogens is 1. The maximum Gasteiger partial charge on any atom is 0.243 e. The van der Waals surface area contributed by atoms with E-state index in [0.717, 1.165) is 12.1 Å². The van der Waals surface area contributed by atoms with Crippen LogP contribution in [0.3, 0.4) is 0 Å². The minimum Gasteiger partial charge on any atom is -0.399 e. The summed E-state index contributed by atoms with van der Waals surface area (Å²) in [4.78, 5) is -0.120. The summed E-state index contributed by atoms with van der Waals surface area (Å²) in [6.07, 6.45) is 0.758. The van der Waals surface area contributed by atoms with Crippen molar-refractivity contribution in [2.75, 3.05) is 18.8 Å². The van der Waals surface area contributed by atoms with Crippen molar-refractivity contribution in [2.45, 2.75) is 30.8 Å². The van der Waals surface area contributed by atoms with Crippen molar-refractivity contribution in [3.63, 3.8) is 0 Å². The SMILES string of the molecule is CC(O)C1CCN(S(=O)(=O)c2cc(N)cc(F)c2)CC1. The van der Waals surface area contributed by atoms with Gasteiger partial charge in [-0.1, -0.05) is 0 Å². The van der Waals surface area contributed by atoms with Crippen LogP contribution in [0, 0.1) is 11.7 Å². The van der Waals surface area contributed by atoms with Crippen LogP contribution < -0.4 is 5.73 Å². The van der Waals surface area contributed by atoms with E-state index in [1.807, 2.05) is 0 Å². The average molecular weight is 302 g/mol. The molecule has 1 unspecified atom stereocenters. The average Bonchev–Trinajstić information content (AvgIpc) is 2.37. The summed E-state index contributed by atoms with van der Waals surface area (Å²) in [5.74, 6) is -0.554. The topological polar surface area (TPSA) is 83.6 Å². The van der Waals surface area contributed by atoms with Gasteiger partial charge in [0.15, 0.2) is 0 Å². The van der Waals surface area contributed by atoms with Gasteiger partial charge in [-0.15, -0.1) is 0 Å². The zero-order chi connectivity index (χ0) is 14.9. The molecule has 7 heteroatoms. The summed E-state index contributed by atoms with van der Waals surface area (Å²) in [7, 11) is -3.72. The number of hydrogen-bond acceptors (Lipinski definition) is 4. The molecule has 1 aromatic rings. The van der Waals surface area contributed by atoms with Gasteiger partial charge in [-0.25, -0.2) is 12.8 Å². The molecule has 1 aliphatic heterocycles. The number of anilines is 1. The number of rotatable bonds is 3. The van der Waals surface area contributed by atoms with E-state index in [9.17, 15) is 17.9 Å². The van der Waals surface area contributed by atoms with E-state index in [1.54, 1.807) is 6.92 Å². The second-order valence-corrected chi connectivity index (χ2v) is 7.14. The van der Waals surface area contributed by atoms with Gasteiger partial charge in [0.1, 0.15) is 5.82 Å². The predicted octanol–water partition coefficient (Wildman–Crippen LogP) is 1.19. The molecule has 1 heterocycles. The summed E-state index contributed by atoms with van der Waals surface area (Å²) in [6.45, 7) is 2.37. The molecule has 1 aliphatic rings. The van der Waals surface area contributed by atoms with Gasteiger partial charge >= 0.3 is 0 Å². The fraction of sp³-hybridized carbons (Fsp3) is 0.538. The first-order chi connectivity index (χ1) is 9.30. The molecule has 5 nitrogen and oxygen atoms in total. The molecule has 20 heavy (non-hydrogen) atoms. The van der Waals surface area contributed by atoms with Crippen molar-refractivity contribution >= 4 is 15.7 Å². The molecule has 0 bridgehead atoms. The monoisotopic (exact) mass is 302 g/mol. The Bertz CT molecular complexity index is 561. The summed E-state index contributed by atoms with van der Waals surface area (Å²) in [5, 5.41) is 9.52. The Balaban J connectivity index is 2.19. The van der Waals surface area contributed by atoms with Gasteiger partial charge in [-0.2, -0.15) is 4.31 Å². The summed E-state index contributed by atoms with van der Waals surface area (Å²) in [6, 6.07) is 3.32.